The summed E-state index contributed by atoms with van der Waals surface area (Å²) in [6.07, 6.45) is 2.39. The van der Waals surface area contributed by atoms with Crippen molar-refractivity contribution in [1.29, 1.82) is 0 Å². The second-order valence-electron chi connectivity index (χ2n) is 2.64. The Labute approximate surface area is 69.6 Å². The first-order valence-electron chi connectivity index (χ1n) is 3.78. The second-order valence-corrected chi connectivity index (χ2v) is 4.43. The molecular formula is C8H15F2S-. The Balaban J connectivity index is 2.99. The molecule has 0 aliphatic rings. The molecule has 0 radical (unpaired) electrons. The van der Waals surface area contributed by atoms with Gasteiger partial charge in [-0.3, -0.25) is 0 Å². The van der Waals surface area contributed by atoms with Gasteiger partial charge in [0.05, 0.1) is 0 Å². The van der Waals surface area contributed by atoms with Crippen LogP contribution in [0.3, 0.4) is 0 Å². The maximum atomic E-state index is 11.6. The van der Waals surface area contributed by atoms with Gasteiger partial charge in [0.15, 0.2) is 0 Å². The van der Waals surface area contributed by atoms with Gasteiger partial charge >= 0.3 is 0 Å². The van der Waals surface area contributed by atoms with E-state index in [9.17, 15) is 8.78 Å². The van der Waals surface area contributed by atoms with E-state index in [-0.39, 0.29) is 16.7 Å². The third-order valence-corrected chi connectivity index (χ3v) is 2.32. The third kappa shape index (κ3) is 9.99. The van der Waals surface area contributed by atoms with E-state index in [1.807, 2.05) is 6.26 Å². The largest absolute Gasteiger partial charge is 0.460 e. The van der Waals surface area contributed by atoms with Gasteiger partial charge in [0.2, 0.25) is 6.43 Å². The molecule has 0 bridgehead atoms. The molecule has 0 spiro atoms. The normalized spacial score (nSPS) is 11.3. The monoisotopic (exact) mass is 181 g/mol. The van der Waals surface area contributed by atoms with Crippen molar-refractivity contribution in [3.8, 4) is 5.69 Å². The number of hydrogen-bond acceptors (Lipinski definition) is 1. The van der Waals surface area contributed by atoms with Crippen LogP contribution < -0.4 is 0 Å². The summed E-state index contributed by atoms with van der Waals surface area (Å²) in [4.78, 5) is 0. The van der Waals surface area contributed by atoms with Crippen molar-refractivity contribution in [2.24, 2.45) is 0 Å². The van der Waals surface area contributed by atoms with E-state index in [0.717, 1.165) is 18.6 Å². The topological polar surface area (TPSA) is 0 Å². The predicted octanol–water partition coefficient (Wildman–Crippen LogP) is 2.65. The number of unbranched alkanes of at least 4 members (excludes halogenated alkanes) is 2. The quantitative estimate of drug-likeness (QED) is 0.452. The number of rotatable bonds is 5. The molecule has 0 rings (SSSR count). The van der Waals surface area contributed by atoms with Gasteiger partial charge < -0.3 is 16.0 Å². The molecule has 0 saturated carbocycles. The highest BCUT2D eigenvalue weighted by molar-refractivity contribution is 7.85. The molecule has 0 fully saturated rings. The van der Waals surface area contributed by atoms with Crippen LogP contribution in [-0.2, 0) is 10.3 Å². The fourth-order valence-electron chi connectivity index (χ4n) is 0.805. The zero-order chi connectivity index (χ0) is 8.69. The summed E-state index contributed by atoms with van der Waals surface area (Å²) in [6.45, 7) is 0. The maximum absolute atomic E-state index is 11.6. The van der Waals surface area contributed by atoms with E-state index < -0.39 is 6.43 Å². The minimum absolute atomic E-state index is 0.0172. The first kappa shape index (κ1) is 11.0. The van der Waals surface area contributed by atoms with Crippen molar-refractivity contribution < 1.29 is 8.78 Å². The summed E-state index contributed by atoms with van der Waals surface area (Å²) < 4.78 is 23.2. The van der Waals surface area contributed by atoms with Crippen LogP contribution in [0.2, 0.25) is 0 Å². The number of hydrogen-bond donors (Lipinski definition) is 0. The Morgan fingerprint density at radius 1 is 1.27 bits per heavy atom. The van der Waals surface area contributed by atoms with Crippen molar-refractivity contribution in [3.05, 3.63) is 0 Å². The first-order chi connectivity index (χ1) is 5.13. The molecule has 0 aromatic heterocycles. The molecule has 11 heavy (non-hydrogen) atoms. The van der Waals surface area contributed by atoms with Crippen molar-refractivity contribution in [2.45, 2.75) is 32.1 Å². The van der Waals surface area contributed by atoms with Crippen LogP contribution in [0.4, 0.5) is 8.78 Å². The van der Waals surface area contributed by atoms with E-state index in [1.54, 1.807) is 0 Å². The molecule has 3 heteroatoms. The van der Waals surface area contributed by atoms with Gasteiger partial charge in [0.25, 0.3) is 0 Å². The van der Waals surface area contributed by atoms with Gasteiger partial charge in [0, 0.05) is 6.42 Å². The minimum Gasteiger partial charge on any atom is -0.460 e. The van der Waals surface area contributed by atoms with Gasteiger partial charge in [-0.1, -0.05) is 12.8 Å². The van der Waals surface area contributed by atoms with Crippen LogP contribution in [-0.4, -0.2) is 18.4 Å². The van der Waals surface area contributed by atoms with E-state index >= 15 is 0 Å². The highest BCUT2D eigenvalue weighted by Crippen LogP contribution is 2.07. The van der Waals surface area contributed by atoms with Crippen molar-refractivity contribution in [3.63, 3.8) is 0 Å². The van der Waals surface area contributed by atoms with Gasteiger partial charge in [-0.05, 0) is 6.42 Å². The SMILES string of the molecule is C#[S-](C)CCCCCC(F)F. The molecule has 0 aromatic rings. The number of halogens is 2. The molecule has 0 amide bonds. The van der Waals surface area contributed by atoms with Gasteiger partial charge in [-0.2, -0.15) is 0 Å². The lowest BCUT2D eigenvalue weighted by Gasteiger charge is -2.08. The zero-order valence-corrected chi connectivity index (χ0v) is 7.67. The summed E-state index contributed by atoms with van der Waals surface area (Å²) in [5, 5.41) is 0. The average molecular weight is 181 g/mol. The molecule has 0 atom stereocenters. The highest BCUT2D eigenvalue weighted by atomic mass is 32.2. The summed E-state index contributed by atoms with van der Waals surface area (Å²) in [7, 11) is -0.0172. The average Bonchev–Trinajstić information content (AvgIpc) is 1.85. The lowest BCUT2D eigenvalue weighted by Crippen LogP contribution is -1.93. The Bertz CT molecular complexity index is 146. The highest BCUT2D eigenvalue weighted by Gasteiger charge is 1.99. The van der Waals surface area contributed by atoms with Crippen molar-refractivity contribution in [1.82, 2.24) is 0 Å². The van der Waals surface area contributed by atoms with Crippen LogP contribution in [0.25, 0.3) is 0 Å². The summed E-state index contributed by atoms with van der Waals surface area (Å²) >= 11 is 0. The lowest BCUT2D eigenvalue weighted by molar-refractivity contribution is 0.134. The van der Waals surface area contributed by atoms with Gasteiger partial charge in [-0.15, -0.1) is 12.0 Å². The molecule has 0 aromatic carbocycles. The molecule has 0 unspecified atom stereocenters. The second kappa shape index (κ2) is 6.68. The summed E-state index contributed by atoms with van der Waals surface area (Å²) in [6, 6.07) is 0. The Kier molecular flexibility index (Phi) is 6.68. The number of alkyl halides is 2. The lowest BCUT2D eigenvalue weighted by atomic mass is 10.2. The molecule has 0 aliphatic heterocycles. The van der Waals surface area contributed by atoms with Crippen LogP contribution in [0.1, 0.15) is 25.7 Å². The van der Waals surface area contributed by atoms with Crippen LogP contribution in [0, 0.1) is 5.69 Å². The molecule has 0 N–H and O–H groups in total. The van der Waals surface area contributed by atoms with Gasteiger partial charge in [0.1, 0.15) is 0 Å². The first-order valence-corrected chi connectivity index (χ1v) is 5.64. The predicted molar refractivity (Wildman–Crippen MR) is 47.6 cm³/mol. The zero-order valence-electron chi connectivity index (χ0n) is 6.85. The molecule has 0 nitrogen and oxygen atoms in total. The summed E-state index contributed by atoms with van der Waals surface area (Å²) in [5.74, 6) is 0.975. The van der Waals surface area contributed by atoms with E-state index in [1.165, 1.54) is 0 Å². The molecular weight excluding hydrogens is 166 g/mol. The Morgan fingerprint density at radius 2 is 1.91 bits per heavy atom. The van der Waals surface area contributed by atoms with Crippen LogP contribution >= 0.6 is 0 Å². The van der Waals surface area contributed by atoms with Crippen molar-refractivity contribution >= 4 is 10.3 Å². The fraction of sp³-hybridized carbons (Fsp3) is 0.875. The fourth-order valence-corrected chi connectivity index (χ4v) is 1.46. The third-order valence-electron chi connectivity index (χ3n) is 1.39. The van der Waals surface area contributed by atoms with Gasteiger partial charge in [-0.25, -0.2) is 8.78 Å². The summed E-state index contributed by atoms with van der Waals surface area (Å²) in [5.41, 5.74) is 5.51. The minimum atomic E-state index is -2.13. The maximum Gasteiger partial charge on any atom is 0.238 e. The Morgan fingerprint density at radius 3 is 2.36 bits per heavy atom. The molecule has 0 aliphatic carbocycles. The standard InChI is InChI=1S/C8H15F2S/c1-11(2)7-5-3-4-6-8(9)10/h1,8H,3-7H2,2H3/q-1. The molecule has 0 heterocycles. The molecule has 68 valence electrons. The van der Waals surface area contributed by atoms with Crippen LogP contribution in [0.5, 0.6) is 0 Å². The van der Waals surface area contributed by atoms with E-state index in [0.29, 0.717) is 6.42 Å². The van der Waals surface area contributed by atoms with Crippen LogP contribution in [0.15, 0.2) is 0 Å². The van der Waals surface area contributed by atoms with E-state index in [2.05, 4.69) is 0 Å². The smallest absolute Gasteiger partial charge is 0.238 e. The van der Waals surface area contributed by atoms with E-state index in [4.69, 9.17) is 5.69 Å². The molecule has 0 saturated heterocycles. The Hall–Kier alpha value is -0.0100. The van der Waals surface area contributed by atoms with Crippen molar-refractivity contribution in [2.75, 3.05) is 12.0 Å².